The summed E-state index contributed by atoms with van der Waals surface area (Å²) < 4.78 is 29.4. The first kappa shape index (κ1) is 28.3. The molecule has 3 aromatic rings. The Bertz CT molecular complexity index is 1430. The molecule has 0 bridgehead atoms. The number of nitrogens with zero attached hydrogens (tertiary/aromatic N) is 2. The van der Waals surface area contributed by atoms with Crippen LogP contribution in [-0.4, -0.2) is 37.6 Å². The number of sulfonamides is 1. The molecule has 2 amide bonds. The molecule has 1 atom stereocenters. The van der Waals surface area contributed by atoms with Gasteiger partial charge in [0.1, 0.15) is 4.90 Å². The van der Waals surface area contributed by atoms with Crippen molar-refractivity contribution in [2.45, 2.75) is 38.1 Å². The molecule has 7 nitrogen and oxygen atoms in total. The van der Waals surface area contributed by atoms with E-state index in [-0.39, 0.29) is 39.8 Å². The van der Waals surface area contributed by atoms with Crippen molar-refractivity contribution < 1.29 is 18.0 Å². The van der Waals surface area contributed by atoms with Crippen LogP contribution < -0.4 is 10.2 Å². The van der Waals surface area contributed by atoms with Crippen molar-refractivity contribution in [3.05, 3.63) is 87.4 Å². The number of amides is 2. The third-order valence-electron chi connectivity index (χ3n) is 6.41. The Hall–Kier alpha value is -2.72. The predicted octanol–water partition coefficient (Wildman–Crippen LogP) is 6.33. The van der Waals surface area contributed by atoms with Crippen LogP contribution in [-0.2, 0) is 21.4 Å². The Labute approximate surface area is 237 Å². The lowest BCUT2D eigenvalue weighted by atomic mass is 10.0. The molecule has 1 aliphatic rings. The van der Waals surface area contributed by atoms with Gasteiger partial charge in [0.15, 0.2) is 0 Å². The lowest BCUT2D eigenvalue weighted by Gasteiger charge is -2.30. The summed E-state index contributed by atoms with van der Waals surface area (Å²) >= 11 is 9.80. The van der Waals surface area contributed by atoms with Crippen LogP contribution in [0, 0.1) is 5.92 Å². The SMILES string of the molecule is CC(=O)Nc1ccc(N(Cc2ccc(Br)cc2)C(=O)c2ccc(Cl)c(S(=O)(=O)N3CCCC(C)C3)c2)cc1. The largest absolute Gasteiger partial charge is 0.326 e. The van der Waals surface area contributed by atoms with Gasteiger partial charge in [-0.2, -0.15) is 4.31 Å². The molecule has 0 spiro atoms. The molecule has 0 radical (unpaired) electrons. The lowest BCUT2D eigenvalue weighted by Crippen LogP contribution is -2.39. The van der Waals surface area contributed by atoms with E-state index in [1.54, 1.807) is 35.2 Å². The standard InChI is InChI=1S/C28H29BrClN3O4S/c1-19-4-3-15-32(17-19)38(36,37)27-16-22(7-14-26(27)30)28(35)33(18-21-5-8-23(29)9-6-21)25-12-10-24(11-13-25)31-20(2)34/h5-14,16,19H,3-4,15,17-18H2,1-2H3,(H,31,34). The van der Waals surface area contributed by atoms with Crippen molar-refractivity contribution in [1.82, 2.24) is 4.31 Å². The molecule has 0 aromatic heterocycles. The summed E-state index contributed by atoms with van der Waals surface area (Å²) in [5.74, 6) is -0.317. The van der Waals surface area contributed by atoms with Gasteiger partial charge in [0.05, 0.1) is 11.6 Å². The second-order valence-corrected chi connectivity index (χ2v) is 12.7. The summed E-state index contributed by atoms with van der Waals surface area (Å²) in [5, 5.41) is 2.80. The van der Waals surface area contributed by atoms with Gasteiger partial charge in [-0.3, -0.25) is 9.59 Å². The van der Waals surface area contributed by atoms with E-state index in [2.05, 4.69) is 21.2 Å². The van der Waals surface area contributed by atoms with E-state index >= 15 is 0 Å². The highest BCUT2D eigenvalue weighted by molar-refractivity contribution is 9.10. The fraction of sp³-hybridized carbons (Fsp3) is 0.286. The molecule has 1 N–H and O–H groups in total. The molecule has 3 aromatic carbocycles. The maximum absolute atomic E-state index is 13.9. The van der Waals surface area contributed by atoms with E-state index in [1.807, 2.05) is 31.2 Å². The van der Waals surface area contributed by atoms with Crippen molar-refractivity contribution in [3.63, 3.8) is 0 Å². The molecule has 0 aliphatic carbocycles. The van der Waals surface area contributed by atoms with Gasteiger partial charge in [-0.15, -0.1) is 0 Å². The van der Waals surface area contributed by atoms with Gasteiger partial charge in [0, 0.05) is 41.4 Å². The third-order valence-corrected chi connectivity index (χ3v) is 9.29. The smallest absolute Gasteiger partial charge is 0.258 e. The second kappa shape index (κ2) is 12.0. The highest BCUT2D eigenvalue weighted by Crippen LogP contribution is 2.31. The quantitative estimate of drug-likeness (QED) is 0.335. The summed E-state index contributed by atoms with van der Waals surface area (Å²) in [6.45, 7) is 4.55. The van der Waals surface area contributed by atoms with Crippen molar-refractivity contribution in [1.29, 1.82) is 0 Å². The van der Waals surface area contributed by atoms with Gasteiger partial charge in [-0.05, 0) is 78.9 Å². The number of anilines is 2. The number of rotatable bonds is 7. The van der Waals surface area contributed by atoms with Crippen LogP contribution in [0.2, 0.25) is 5.02 Å². The Balaban J connectivity index is 1.70. The summed E-state index contributed by atoms with van der Waals surface area (Å²) in [5.41, 5.74) is 2.29. The number of hydrogen-bond acceptors (Lipinski definition) is 4. The summed E-state index contributed by atoms with van der Waals surface area (Å²) in [7, 11) is -3.87. The molecular weight excluding hydrogens is 590 g/mol. The fourth-order valence-corrected chi connectivity index (χ4v) is 6.84. The van der Waals surface area contributed by atoms with E-state index in [1.165, 1.54) is 23.4 Å². The zero-order valence-electron chi connectivity index (χ0n) is 21.2. The van der Waals surface area contributed by atoms with Crippen LogP contribution in [0.1, 0.15) is 42.6 Å². The maximum Gasteiger partial charge on any atom is 0.258 e. The Morgan fingerprint density at radius 1 is 1.08 bits per heavy atom. The second-order valence-electron chi connectivity index (χ2n) is 9.50. The molecular formula is C28H29BrClN3O4S. The van der Waals surface area contributed by atoms with E-state index < -0.39 is 10.0 Å². The molecule has 200 valence electrons. The molecule has 38 heavy (non-hydrogen) atoms. The van der Waals surface area contributed by atoms with Crippen molar-refractivity contribution in [2.24, 2.45) is 5.92 Å². The van der Waals surface area contributed by atoms with E-state index in [0.29, 0.717) is 24.5 Å². The van der Waals surface area contributed by atoms with Crippen LogP contribution in [0.3, 0.4) is 0 Å². The Morgan fingerprint density at radius 3 is 2.39 bits per heavy atom. The van der Waals surface area contributed by atoms with E-state index in [4.69, 9.17) is 11.6 Å². The lowest BCUT2D eigenvalue weighted by molar-refractivity contribution is -0.114. The molecule has 1 aliphatic heterocycles. The van der Waals surface area contributed by atoms with Crippen LogP contribution in [0.5, 0.6) is 0 Å². The van der Waals surface area contributed by atoms with Crippen LogP contribution in [0.15, 0.2) is 76.1 Å². The first-order chi connectivity index (χ1) is 18.0. The molecule has 1 saturated heterocycles. The fourth-order valence-electron chi connectivity index (χ4n) is 4.47. The molecule has 10 heteroatoms. The van der Waals surface area contributed by atoms with Gasteiger partial charge in [-0.25, -0.2) is 8.42 Å². The van der Waals surface area contributed by atoms with Gasteiger partial charge >= 0.3 is 0 Å². The molecule has 1 unspecified atom stereocenters. The molecule has 1 heterocycles. The third kappa shape index (κ3) is 6.64. The van der Waals surface area contributed by atoms with Crippen molar-refractivity contribution >= 4 is 60.7 Å². The monoisotopic (exact) mass is 617 g/mol. The van der Waals surface area contributed by atoms with Crippen LogP contribution >= 0.6 is 27.5 Å². The average molecular weight is 619 g/mol. The highest BCUT2D eigenvalue weighted by Gasteiger charge is 2.31. The minimum absolute atomic E-state index is 0.0660. The Kier molecular flexibility index (Phi) is 8.92. The molecule has 4 rings (SSSR count). The van der Waals surface area contributed by atoms with Gasteiger partial charge in [0.25, 0.3) is 5.91 Å². The Morgan fingerprint density at radius 2 is 1.76 bits per heavy atom. The van der Waals surface area contributed by atoms with Crippen molar-refractivity contribution in [3.8, 4) is 0 Å². The number of carbonyl (C=O) groups is 2. The minimum atomic E-state index is -3.87. The number of benzene rings is 3. The molecule has 0 saturated carbocycles. The summed E-state index contributed by atoms with van der Waals surface area (Å²) in [6, 6.07) is 18.9. The van der Waals surface area contributed by atoms with Gasteiger partial charge < -0.3 is 10.2 Å². The summed E-state index contributed by atoms with van der Waals surface area (Å²) in [4.78, 5) is 26.8. The normalized spacial score (nSPS) is 16.2. The first-order valence-electron chi connectivity index (χ1n) is 12.3. The topological polar surface area (TPSA) is 86.8 Å². The average Bonchev–Trinajstić information content (AvgIpc) is 2.88. The van der Waals surface area contributed by atoms with Gasteiger partial charge in [0.2, 0.25) is 15.9 Å². The zero-order valence-corrected chi connectivity index (χ0v) is 24.3. The van der Waals surface area contributed by atoms with Crippen LogP contribution in [0.4, 0.5) is 11.4 Å². The predicted molar refractivity (Wildman–Crippen MR) is 154 cm³/mol. The number of hydrogen-bond donors (Lipinski definition) is 1. The zero-order chi connectivity index (χ0) is 27.4. The van der Waals surface area contributed by atoms with Crippen LogP contribution in [0.25, 0.3) is 0 Å². The number of halogens is 2. The highest BCUT2D eigenvalue weighted by atomic mass is 79.9. The molecule has 1 fully saturated rings. The van der Waals surface area contributed by atoms with E-state index in [0.717, 1.165) is 22.9 Å². The number of nitrogens with one attached hydrogen (secondary N) is 1. The van der Waals surface area contributed by atoms with Crippen molar-refractivity contribution in [2.75, 3.05) is 23.3 Å². The number of piperidine rings is 1. The first-order valence-corrected chi connectivity index (χ1v) is 14.9. The number of carbonyl (C=O) groups excluding carboxylic acids is 2. The maximum atomic E-state index is 13.9. The minimum Gasteiger partial charge on any atom is -0.326 e. The summed E-state index contributed by atoms with van der Waals surface area (Å²) in [6.07, 6.45) is 1.76. The van der Waals surface area contributed by atoms with Gasteiger partial charge in [-0.1, -0.05) is 46.6 Å². The van der Waals surface area contributed by atoms with E-state index in [9.17, 15) is 18.0 Å².